The van der Waals surface area contributed by atoms with Crippen molar-refractivity contribution in [2.45, 2.75) is 124 Å². The van der Waals surface area contributed by atoms with Crippen molar-refractivity contribution in [3.05, 3.63) is 0 Å². The monoisotopic (exact) mass is 372 g/mol. The summed E-state index contributed by atoms with van der Waals surface area (Å²) in [6, 6.07) is 2.08. The zero-order valence-corrected chi connectivity index (χ0v) is 19.1. The predicted molar refractivity (Wildman–Crippen MR) is 116 cm³/mol. The van der Waals surface area contributed by atoms with E-state index in [4.69, 9.17) is 0 Å². The van der Waals surface area contributed by atoms with Crippen LogP contribution in [0.2, 0.25) is 0 Å². The van der Waals surface area contributed by atoms with Crippen LogP contribution < -0.4 is 10.6 Å². The van der Waals surface area contributed by atoms with E-state index < -0.39 is 6.17 Å². The quantitative estimate of drug-likeness (QED) is 0.467. The lowest BCUT2D eigenvalue weighted by Gasteiger charge is -2.31. The molecular weight excluding hydrogens is 323 g/mol. The highest BCUT2D eigenvalue weighted by atomic mass is 19.1. The molecule has 6 unspecified atom stereocenters. The van der Waals surface area contributed by atoms with Crippen LogP contribution in [0.5, 0.6) is 0 Å². The summed E-state index contributed by atoms with van der Waals surface area (Å²) in [6.07, 6.45) is 9.76. The highest BCUT2D eigenvalue weighted by molar-refractivity contribution is 4.78. The SMILES string of the molecule is CCC(C)F.CNC(C)C(C)CC(C)C(C)CC(C)NC1CCCCC1. The van der Waals surface area contributed by atoms with Crippen LogP contribution in [0, 0.1) is 17.8 Å². The molecule has 158 valence electrons. The highest BCUT2D eigenvalue weighted by Crippen LogP contribution is 2.26. The number of hydrogen-bond donors (Lipinski definition) is 2. The van der Waals surface area contributed by atoms with Gasteiger partial charge in [-0.3, -0.25) is 0 Å². The Balaban J connectivity index is 0.00000110. The molecule has 0 aromatic heterocycles. The molecule has 3 heteroatoms. The molecule has 0 spiro atoms. The third-order valence-corrected chi connectivity index (χ3v) is 6.44. The molecule has 0 aromatic carbocycles. The van der Waals surface area contributed by atoms with E-state index in [-0.39, 0.29) is 0 Å². The topological polar surface area (TPSA) is 24.1 Å². The summed E-state index contributed by atoms with van der Waals surface area (Å²) >= 11 is 0. The number of nitrogens with one attached hydrogen (secondary N) is 2. The summed E-state index contributed by atoms with van der Waals surface area (Å²) in [5, 5.41) is 7.27. The summed E-state index contributed by atoms with van der Waals surface area (Å²) in [4.78, 5) is 0. The Labute approximate surface area is 164 Å². The zero-order chi connectivity index (χ0) is 20.1. The molecular formula is C23H49FN2. The molecule has 0 aromatic rings. The van der Waals surface area contributed by atoms with Crippen LogP contribution in [-0.2, 0) is 0 Å². The maximum absolute atomic E-state index is 11.4. The van der Waals surface area contributed by atoms with Gasteiger partial charge >= 0.3 is 0 Å². The molecule has 0 saturated heterocycles. The predicted octanol–water partition coefficient (Wildman–Crippen LogP) is 6.35. The van der Waals surface area contributed by atoms with Gasteiger partial charge in [-0.1, -0.05) is 47.0 Å². The second-order valence-corrected chi connectivity index (χ2v) is 9.07. The summed E-state index contributed by atoms with van der Waals surface area (Å²) in [5.74, 6) is 2.38. The molecule has 2 nitrogen and oxygen atoms in total. The van der Waals surface area contributed by atoms with Gasteiger partial charge in [-0.15, -0.1) is 0 Å². The van der Waals surface area contributed by atoms with Gasteiger partial charge in [0.25, 0.3) is 0 Å². The van der Waals surface area contributed by atoms with Crippen LogP contribution in [0.25, 0.3) is 0 Å². The van der Waals surface area contributed by atoms with E-state index in [1.807, 2.05) is 6.92 Å². The van der Waals surface area contributed by atoms with Gasteiger partial charge in [0.15, 0.2) is 0 Å². The second-order valence-electron chi connectivity index (χ2n) is 9.07. The van der Waals surface area contributed by atoms with Crippen molar-refractivity contribution in [3.8, 4) is 0 Å². The Bertz CT molecular complexity index is 315. The number of halogens is 1. The molecule has 0 radical (unpaired) electrons. The summed E-state index contributed by atoms with van der Waals surface area (Å²) in [7, 11) is 2.07. The van der Waals surface area contributed by atoms with Gasteiger partial charge in [0.1, 0.15) is 0 Å². The molecule has 0 amide bonds. The van der Waals surface area contributed by atoms with Gasteiger partial charge < -0.3 is 10.6 Å². The molecule has 1 aliphatic carbocycles. The molecule has 1 fully saturated rings. The van der Waals surface area contributed by atoms with Crippen molar-refractivity contribution < 1.29 is 4.39 Å². The molecule has 0 aliphatic heterocycles. The highest BCUT2D eigenvalue weighted by Gasteiger charge is 2.22. The van der Waals surface area contributed by atoms with Gasteiger partial charge in [0.2, 0.25) is 0 Å². The third kappa shape index (κ3) is 12.3. The van der Waals surface area contributed by atoms with Crippen LogP contribution in [-0.4, -0.2) is 31.3 Å². The Hall–Kier alpha value is -0.150. The first-order chi connectivity index (χ1) is 12.2. The van der Waals surface area contributed by atoms with Crippen molar-refractivity contribution in [1.82, 2.24) is 10.6 Å². The third-order valence-electron chi connectivity index (χ3n) is 6.44. The van der Waals surface area contributed by atoms with E-state index in [2.05, 4.69) is 52.3 Å². The molecule has 2 N–H and O–H groups in total. The van der Waals surface area contributed by atoms with Crippen LogP contribution >= 0.6 is 0 Å². The van der Waals surface area contributed by atoms with E-state index in [9.17, 15) is 4.39 Å². The molecule has 1 rings (SSSR count). The van der Waals surface area contributed by atoms with E-state index in [1.54, 1.807) is 6.92 Å². The normalized spacial score (nSPS) is 22.5. The van der Waals surface area contributed by atoms with E-state index in [1.165, 1.54) is 44.9 Å². The van der Waals surface area contributed by atoms with E-state index in [0.29, 0.717) is 18.5 Å². The van der Waals surface area contributed by atoms with E-state index >= 15 is 0 Å². The smallest absolute Gasteiger partial charge is 0.0971 e. The molecule has 26 heavy (non-hydrogen) atoms. The number of alkyl halides is 1. The average molecular weight is 373 g/mol. The van der Waals surface area contributed by atoms with Crippen LogP contribution in [0.3, 0.4) is 0 Å². The lowest BCUT2D eigenvalue weighted by atomic mass is 9.82. The van der Waals surface area contributed by atoms with Crippen molar-refractivity contribution in [1.29, 1.82) is 0 Å². The minimum atomic E-state index is -0.616. The number of hydrogen-bond acceptors (Lipinski definition) is 2. The number of rotatable bonds is 10. The van der Waals surface area contributed by atoms with E-state index in [0.717, 1.165) is 23.8 Å². The van der Waals surface area contributed by atoms with Crippen molar-refractivity contribution in [2.75, 3.05) is 7.05 Å². The van der Waals surface area contributed by atoms with Crippen LogP contribution in [0.4, 0.5) is 4.39 Å². The Morgan fingerprint density at radius 3 is 1.81 bits per heavy atom. The van der Waals surface area contributed by atoms with Gasteiger partial charge in [-0.2, -0.15) is 0 Å². The largest absolute Gasteiger partial charge is 0.317 e. The molecule has 6 atom stereocenters. The molecule has 0 heterocycles. The lowest BCUT2D eigenvalue weighted by Crippen LogP contribution is -2.39. The van der Waals surface area contributed by atoms with Gasteiger partial charge in [0.05, 0.1) is 6.17 Å². The first-order valence-electron chi connectivity index (χ1n) is 11.3. The fourth-order valence-electron chi connectivity index (χ4n) is 3.84. The van der Waals surface area contributed by atoms with Crippen LogP contribution in [0.15, 0.2) is 0 Å². The maximum atomic E-state index is 11.4. The first kappa shape index (κ1) is 25.9. The average Bonchev–Trinajstić information content (AvgIpc) is 2.61. The Morgan fingerprint density at radius 1 is 0.846 bits per heavy atom. The lowest BCUT2D eigenvalue weighted by molar-refractivity contribution is 0.242. The first-order valence-corrected chi connectivity index (χ1v) is 11.3. The fourth-order valence-corrected chi connectivity index (χ4v) is 3.84. The summed E-state index contributed by atoms with van der Waals surface area (Å²) < 4.78 is 11.4. The fraction of sp³-hybridized carbons (Fsp3) is 1.00. The minimum absolute atomic E-state index is 0.616. The van der Waals surface area contributed by atoms with Gasteiger partial charge in [0, 0.05) is 18.1 Å². The molecule has 1 saturated carbocycles. The Morgan fingerprint density at radius 2 is 1.35 bits per heavy atom. The van der Waals surface area contributed by atoms with Gasteiger partial charge in [-0.05, 0) is 77.7 Å². The molecule has 1 aliphatic rings. The van der Waals surface area contributed by atoms with Crippen molar-refractivity contribution in [2.24, 2.45) is 17.8 Å². The van der Waals surface area contributed by atoms with Crippen molar-refractivity contribution >= 4 is 0 Å². The standard InChI is InChI=1S/C19H40N2.C4H9F/c1-14(12-16(3)18(5)20-6)15(2)13-17(4)21-19-10-8-7-9-11-19;1-3-4(2)5/h14-21H,7-13H2,1-6H3;4H,3H2,1-2H3. The summed E-state index contributed by atoms with van der Waals surface area (Å²) in [5.41, 5.74) is 0. The van der Waals surface area contributed by atoms with Gasteiger partial charge in [-0.25, -0.2) is 4.39 Å². The van der Waals surface area contributed by atoms with Crippen molar-refractivity contribution in [3.63, 3.8) is 0 Å². The Kier molecular flexibility index (Phi) is 14.8. The molecule has 0 bridgehead atoms. The van der Waals surface area contributed by atoms with Crippen LogP contribution in [0.1, 0.15) is 99.8 Å². The minimum Gasteiger partial charge on any atom is -0.317 e. The zero-order valence-electron chi connectivity index (χ0n) is 19.1. The summed E-state index contributed by atoms with van der Waals surface area (Å²) in [6.45, 7) is 15.3. The second kappa shape index (κ2) is 14.9. The maximum Gasteiger partial charge on any atom is 0.0971 e.